The van der Waals surface area contributed by atoms with Gasteiger partial charge in [0.2, 0.25) is 0 Å². The average molecular weight is 344 g/mol. The van der Waals surface area contributed by atoms with Crippen molar-refractivity contribution in [3.05, 3.63) is 83.9 Å². The van der Waals surface area contributed by atoms with E-state index in [0.29, 0.717) is 0 Å². The molecule has 126 valence electrons. The van der Waals surface area contributed by atoms with E-state index in [-0.39, 0.29) is 0 Å². The summed E-state index contributed by atoms with van der Waals surface area (Å²) >= 11 is 0. The first-order valence-corrected chi connectivity index (χ1v) is 9.30. The van der Waals surface area contributed by atoms with Crippen LogP contribution in [0, 0.1) is 0 Å². The van der Waals surface area contributed by atoms with Crippen LogP contribution in [0.3, 0.4) is 0 Å². The fourth-order valence-corrected chi connectivity index (χ4v) is 3.53. The van der Waals surface area contributed by atoms with Crippen molar-refractivity contribution in [1.29, 1.82) is 0 Å². The standard InChI is InChI=1S/C19H21O4P/c1-23-24(22,18(20)14-12-16-8-4-2-5-9-16)19(21)15-13-17-10-6-3-7-11-17/h2-15,18-21H,1H3/b14-12+,15-13+/t18-,19+,24?. The fraction of sp³-hybridized carbons (Fsp3) is 0.158. The van der Waals surface area contributed by atoms with E-state index in [0.717, 1.165) is 11.1 Å². The predicted octanol–water partition coefficient (Wildman–Crippen LogP) is 3.97. The lowest BCUT2D eigenvalue weighted by atomic mass is 10.2. The van der Waals surface area contributed by atoms with Crippen LogP contribution in [0.4, 0.5) is 0 Å². The van der Waals surface area contributed by atoms with Gasteiger partial charge >= 0.3 is 0 Å². The summed E-state index contributed by atoms with van der Waals surface area (Å²) in [5, 5.41) is 20.5. The molecule has 5 heteroatoms. The first-order valence-electron chi connectivity index (χ1n) is 7.54. The molecular weight excluding hydrogens is 323 g/mol. The highest BCUT2D eigenvalue weighted by molar-refractivity contribution is 7.60. The third-order valence-electron chi connectivity index (χ3n) is 3.54. The molecule has 2 rings (SSSR count). The van der Waals surface area contributed by atoms with Crippen molar-refractivity contribution >= 4 is 19.5 Å². The quantitative estimate of drug-likeness (QED) is 0.746. The predicted molar refractivity (Wildman–Crippen MR) is 97.6 cm³/mol. The van der Waals surface area contributed by atoms with Crippen LogP contribution in [0.2, 0.25) is 0 Å². The lowest BCUT2D eigenvalue weighted by Crippen LogP contribution is -2.16. The van der Waals surface area contributed by atoms with Crippen molar-refractivity contribution in [2.75, 3.05) is 7.11 Å². The van der Waals surface area contributed by atoms with E-state index in [1.165, 1.54) is 19.3 Å². The second-order valence-electron chi connectivity index (χ2n) is 5.19. The summed E-state index contributed by atoms with van der Waals surface area (Å²) in [6.07, 6.45) is 6.03. The minimum absolute atomic E-state index is 0.855. The first kappa shape index (κ1) is 18.4. The van der Waals surface area contributed by atoms with Gasteiger partial charge in [-0.1, -0.05) is 72.8 Å². The molecule has 0 aromatic heterocycles. The van der Waals surface area contributed by atoms with Crippen molar-refractivity contribution in [2.24, 2.45) is 0 Å². The normalized spacial score (nSPS) is 17.0. The van der Waals surface area contributed by atoms with E-state index in [9.17, 15) is 14.8 Å². The molecule has 0 aliphatic heterocycles. The van der Waals surface area contributed by atoms with Crippen LogP contribution in [0.15, 0.2) is 72.8 Å². The number of benzene rings is 2. The van der Waals surface area contributed by atoms with Gasteiger partial charge in [-0.3, -0.25) is 4.57 Å². The maximum absolute atomic E-state index is 12.8. The zero-order valence-electron chi connectivity index (χ0n) is 13.4. The number of aliphatic hydroxyl groups is 2. The van der Waals surface area contributed by atoms with E-state index in [1.54, 1.807) is 12.2 Å². The Kier molecular flexibility index (Phi) is 6.71. The van der Waals surface area contributed by atoms with E-state index in [4.69, 9.17) is 4.52 Å². The summed E-state index contributed by atoms with van der Waals surface area (Å²) < 4.78 is 17.8. The van der Waals surface area contributed by atoms with Crippen molar-refractivity contribution in [1.82, 2.24) is 0 Å². The summed E-state index contributed by atoms with van der Waals surface area (Å²) in [6, 6.07) is 18.6. The smallest absolute Gasteiger partial charge is 0.265 e. The van der Waals surface area contributed by atoms with Crippen LogP contribution in [-0.2, 0) is 9.09 Å². The maximum Gasteiger partial charge on any atom is 0.265 e. The van der Waals surface area contributed by atoms with Crippen molar-refractivity contribution < 1.29 is 19.3 Å². The number of rotatable bonds is 7. The summed E-state index contributed by atoms with van der Waals surface area (Å²) in [6.45, 7) is 0. The van der Waals surface area contributed by atoms with Crippen LogP contribution < -0.4 is 0 Å². The SMILES string of the molecule is COP(=O)([C@H](O)/C=C/c1ccccc1)[C@@H](O)/C=C/c1ccccc1. The van der Waals surface area contributed by atoms with Crippen LogP contribution in [0.1, 0.15) is 11.1 Å². The van der Waals surface area contributed by atoms with Crippen LogP contribution in [0.25, 0.3) is 12.2 Å². The highest BCUT2D eigenvalue weighted by Gasteiger charge is 2.36. The highest BCUT2D eigenvalue weighted by atomic mass is 31.2. The molecule has 0 bridgehead atoms. The van der Waals surface area contributed by atoms with Gasteiger partial charge in [0.1, 0.15) is 0 Å². The number of hydrogen-bond donors (Lipinski definition) is 2. The fourth-order valence-electron chi connectivity index (χ4n) is 2.14. The number of hydrogen-bond acceptors (Lipinski definition) is 4. The average Bonchev–Trinajstić information content (AvgIpc) is 2.65. The summed E-state index contributed by atoms with van der Waals surface area (Å²) in [5.41, 5.74) is 1.71. The van der Waals surface area contributed by atoms with Gasteiger partial charge in [-0.25, -0.2) is 0 Å². The minimum Gasteiger partial charge on any atom is -0.379 e. The first-order chi connectivity index (χ1) is 11.6. The van der Waals surface area contributed by atoms with E-state index in [1.807, 2.05) is 60.7 Å². The molecule has 0 amide bonds. The molecule has 0 saturated carbocycles. The zero-order chi connectivity index (χ0) is 17.4. The molecule has 4 nitrogen and oxygen atoms in total. The Hall–Kier alpha value is -1.97. The van der Waals surface area contributed by atoms with Crippen molar-refractivity contribution in [3.8, 4) is 0 Å². The van der Waals surface area contributed by atoms with Crippen molar-refractivity contribution in [3.63, 3.8) is 0 Å². The molecule has 2 aromatic carbocycles. The molecule has 0 spiro atoms. The van der Waals surface area contributed by atoms with Gasteiger partial charge in [0.25, 0.3) is 7.37 Å². The molecule has 1 unspecified atom stereocenters. The molecule has 0 heterocycles. The molecule has 0 fully saturated rings. The van der Waals surface area contributed by atoms with Gasteiger partial charge in [0.05, 0.1) is 0 Å². The second-order valence-corrected chi connectivity index (χ2v) is 7.91. The highest BCUT2D eigenvalue weighted by Crippen LogP contribution is 2.55. The van der Waals surface area contributed by atoms with Gasteiger partial charge in [-0.15, -0.1) is 0 Å². The van der Waals surface area contributed by atoms with Crippen molar-refractivity contribution in [2.45, 2.75) is 11.7 Å². The molecular formula is C19H21O4P. The number of aliphatic hydroxyl groups excluding tert-OH is 2. The molecule has 0 radical (unpaired) electrons. The zero-order valence-corrected chi connectivity index (χ0v) is 14.3. The summed E-state index contributed by atoms with van der Waals surface area (Å²) in [7, 11) is -2.50. The Morgan fingerprint density at radius 2 is 1.21 bits per heavy atom. The van der Waals surface area contributed by atoms with Gasteiger partial charge in [-0.2, -0.15) is 0 Å². The van der Waals surface area contributed by atoms with Gasteiger partial charge in [0.15, 0.2) is 11.7 Å². The van der Waals surface area contributed by atoms with E-state index in [2.05, 4.69) is 0 Å². The summed E-state index contributed by atoms with van der Waals surface area (Å²) in [5.74, 6) is -2.81. The minimum atomic E-state index is -3.72. The molecule has 0 aliphatic carbocycles. The third-order valence-corrected chi connectivity index (χ3v) is 5.93. The van der Waals surface area contributed by atoms with Gasteiger partial charge < -0.3 is 14.7 Å². The van der Waals surface area contributed by atoms with E-state index >= 15 is 0 Å². The molecule has 0 aliphatic rings. The monoisotopic (exact) mass is 344 g/mol. The molecule has 3 atom stereocenters. The Bertz CT molecular complexity index is 666. The van der Waals surface area contributed by atoms with Crippen LogP contribution in [-0.4, -0.2) is 29.0 Å². The lowest BCUT2D eigenvalue weighted by molar-refractivity contribution is 0.214. The largest absolute Gasteiger partial charge is 0.379 e. The second kappa shape index (κ2) is 8.76. The van der Waals surface area contributed by atoms with E-state index < -0.39 is 19.1 Å². The van der Waals surface area contributed by atoms with Gasteiger partial charge in [-0.05, 0) is 23.3 Å². The molecule has 2 N–H and O–H groups in total. The lowest BCUT2D eigenvalue weighted by Gasteiger charge is -2.22. The summed E-state index contributed by atoms with van der Waals surface area (Å²) in [4.78, 5) is 0. The topological polar surface area (TPSA) is 66.8 Å². The maximum atomic E-state index is 12.8. The molecule has 24 heavy (non-hydrogen) atoms. The Morgan fingerprint density at radius 3 is 1.54 bits per heavy atom. The Balaban J connectivity index is 2.12. The Labute approximate surface area is 142 Å². The van der Waals surface area contributed by atoms with Crippen LogP contribution >= 0.6 is 7.37 Å². The molecule has 0 saturated heterocycles. The van der Waals surface area contributed by atoms with Crippen LogP contribution in [0.5, 0.6) is 0 Å². The third kappa shape index (κ3) is 4.76. The van der Waals surface area contributed by atoms with Gasteiger partial charge in [0, 0.05) is 7.11 Å². The molecule has 2 aromatic rings. The Morgan fingerprint density at radius 1 is 0.833 bits per heavy atom.